The van der Waals surface area contributed by atoms with Crippen molar-refractivity contribution >= 4 is 33.5 Å². The Morgan fingerprint density at radius 2 is 1.84 bits per heavy atom. The summed E-state index contributed by atoms with van der Waals surface area (Å²) in [4.78, 5) is 24.6. The maximum atomic E-state index is 12.4. The van der Waals surface area contributed by atoms with Gasteiger partial charge >= 0.3 is 5.97 Å². The van der Waals surface area contributed by atoms with E-state index in [9.17, 15) is 9.59 Å². The summed E-state index contributed by atoms with van der Waals surface area (Å²) in [7, 11) is 0. The molecule has 2 aromatic rings. The number of halogens is 1. The van der Waals surface area contributed by atoms with Crippen molar-refractivity contribution in [2.75, 3.05) is 5.32 Å². The summed E-state index contributed by atoms with van der Waals surface area (Å²) in [6, 6.07) is 14.6. The van der Waals surface area contributed by atoms with Gasteiger partial charge < -0.3 is 10.1 Å². The van der Waals surface area contributed by atoms with Gasteiger partial charge in [-0.25, -0.2) is 4.79 Å². The number of amides is 1. The summed E-state index contributed by atoms with van der Waals surface area (Å²) in [5, 5.41) is 2.87. The van der Waals surface area contributed by atoms with Crippen LogP contribution in [0.1, 0.15) is 49.0 Å². The predicted molar refractivity (Wildman–Crippen MR) is 103 cm³/mol. The number of hydrogen-bond donors (Lipinski definition) is 1. The molecule has 0 aliphatic rings. The van der Waals surface area contributed by atoms with Crippen molar-refractivity contribution in [2.45, 2.75) is 39.2 Å². The zero-order chi connectivity index (χ0) is 18.4. The standard InChI is InChI=1S/C20H22BrNO3/c1-4-13(2)17-10-5-6-11-18(17)22-19(23)14(3)25-20(24)15-8-7-9-16(21)12-15/h5-14H,4H2,1-3H3,(H,22,23)/t13-,14+/m1/s1. The van der Waals surface area contributed by atoms with E-state index in [0.29, 0.717) is 11.5 Å². The van der Waals surface area contributed by atoms with Crippen molar-refractivity contribution in [1.82, 2.24) is 0 Å². The van der Waals surface area contributed by atoms with Crippen LogP contribution in [0.2, 0.25) is 0 Å². The van der Waals surface area contributed by atoms with E-state index in [2.05, 4.69) is 35.1 Å². The van der Waals surface area contributed by atoms with Gasteiger partial charge in [-0.1, -0.05) is 54.0 Å². The second-order valence-corrected chi connectivity index (χ2v) is 6.86. The van der Waals surface area contributed by atoms with Crippen molar-refractivity contribution < 1.29 is 14.3 Å². The lowest BCUT2D eigenvalue weighted by Crippen LogP contribution is -2.30. The highest BCUT2D eigenvalue weighted by Gasteiger charge is 2.20. The Bertz CT molecular complexity index is 760. The molecule has 0 spiro atoms. The summed E-state index contributed by atoms with van der Waals surface area (Å²) in [6.45, 7) is 5.78. The number of nitrogens with one attached hydrogen (secondary N) is 1. The number of para-hydroxylation sites is 1. The zero-order valence-electron chi connectivity index (χ0n) is 14.6. The number of benzene rings is 2. The molecule has 0 unspecified atom stereocenters. The number of esters is 1. The van der Waals surface area contributed by atoms with E-state index in [1.165, 1.54) is 0 Å². The van der Waals surface area contributed by atoms with Crippen LogP contribution in [0.25, 0.3) is 0 Å². The third-order valence-electron chi connectivity index (χ3n) is 4.08. The van der Waals surface area contributed by atoms with E-state index in [1.807, 2.05) is 30.3 Å². The van der Waals surface area contributed by atoms with Crippen molar-refractivity contribution in [2.24, 2.45) is 0 Å². The molecule has 2 aromatic carbocycles. The van der Waals surface area contributed by atoms with Gasteiger partial charge in [-0.05, 0) is 49.1 Å². The van der Waals surface area contributed by atoms with Crippen LogP contribution in [0.3, 0.4) is 0 Å². The van der Waals surface area contributed by atoms with E-state index in [1.54, 1.807) is 25.1 Å². The fourth-order valence-electron chi connectivity index (χ4n) is 2.39. The summed E-state index contributed by atoms with van der Waals surface area (Å²) < 4.78 is 6.06. The van der Waals surface area contributed by atoms with Gasteiger partial charge in [-0.3, -0.25) is 4.79 Å². The SMILES string of the molecule is CC[C@@H](C)c1ccccc1NC(=O)[C@H](C)OC(=O)c1cccc(Br)c1. The van der Waals surface area contributed by atoms with Gasteiger partial charge in [0.05, 0.1) is 5.56 Å². The van der Waals surface area contributed by atoms with Gasteiger partial charge in [-0.2, -0.15) is 0 Å². The van der Waals surface area contributed by atoms with Crippen molar-refractivity contribution in [3.05, 3.63) is 64.1 Å². The van der Waals surface area contributed by atoms with E-state index in [0.717, 1.165) is 22.1 Å². The van der Waals surface area contributed by atoms with Crippen LogP contribution in [0.4, 0.5) is 5.69 Å². The summed E-state index contributed by atoms with van der Waals surface area (Å²) in [5.41, 5.74) is 2.23. The van der Waals surface area contributed by atoms with Crippen LogP contribution in [0.15, 0.2) is 53.0 Å². The molecule has 0 aliphatic heterocycles. The first kappa shape index (κ1) is 19.2. The fourth-order valence-corrected chi connectivity index (χ4v) is 2.79. The number of anilines is 1. The minimum atomic E-state index is -0.892. The lowest BCUT2D eigenvalue weighted by atomic mass is 9.97. The maximum Gasteiger partial charge on any atom is 0.338 e. The van der Waals surface area contributed by atoms with E-state index < -0.39 is 12.1 Å². The minimum Gasteiger partial charge on any atom is -0.449 e. The molecule has 0 radical (unpaired) electrons. The zero-order valence-corrected chi connectivity index (χ0v) is 16.2. The normalized spacial score (nSPS) is 13.0. The Morgan fingerprint density at radius 3 is 2.52 bits per heavy atom. The van der Waals surface area contributed by atoms with Crippen molar-refractivity contribution in [1.29, 1.82) is 0 Å². The molecule has 4 nitrogen and oxygen atoms in total. The molecular weight excluding hydrogens is 382 g/mol. The third-order valence-corrected chi connectivity index (χ3v) is 4.57. The molecule has 5 heteroatoms. The lowest BCUT2D eigenvalue weighted by molar-refractivity contribution is -0.123. The van der Waals surface area contributed by atoms with Crippen LogP contribution >= 0.6 is 15.9 Å². The first-order chi connectivity index (χ1) is 11.9. The molecule has 0 aromatic heterocycles. The number of hydrogen-bond acceptors (Lipinski definition) is 3. The lowest BCUT2D eigenvalue weighted by Gasteiger charge is -2.18. The second kappa shape index (κ2) is 8.81. The molecule has 1 N–H and O–H groups in total. The largest absolute Gasteiger partial charge is 0.449 e. The monoisotopic (exact) mass is 403 g/mol. The quantitative estimate of drug-likeness (QED) is 0.678. The molecule has 2 rings (SSSR count). The molecule has 0 bridgehead atoms. The Kier molecular flexibility index (Phi) is 6.76. The number of carbonyl (C=O) groups excluding carboxylic acids is 2. The second-order valence-electron chi connectivity index (χ2n) is 5.94. The van der Waals surface area contributed by atoms with Crippen LogP contribution < -0.4 is 5.32 Å². The molecule has 132 valence electrons. The molecule has 0 saturated carbocycles. The van der Waals surface area contributed by atoms with Gasteiger partial charge in [0.1, 0.15) is 0 Å². The number of carbonyl (C=O) groups is 2. The third kappa shape index (κ3) is 5.16. The molecule has 0 heterocycles. The fraction of sp³-hybridized carbons (Fsp3) is 0.300. The van der Waals surface area contributed by atoms with Gasteiger partial charge in [0.2, 0.25) is 0 Å². The van der Waals surface area contributed by atoms with Crippen LogP contribution in [-0.2, 0) is 9.53 Å². The summed E-state index contributed by atoms with van der Waals surface area (Å²) >= 11 is 3.31. The van der Waals surface area contributed by atoms with Crippen molar-refractivity contribution in [3.63, 3.8) is 0 Å². The van der Waals surface area contributed by atoms with E-state index in [-0.39, 0.29) is 5.91 Å². The molecule has 1 amide bonds. The molecular formula is C20H22BrNO3. The molecule has 0 saturated heterocycles. The van der Waals surface area contributed by atoms with E-state index >= 15 is 0 Å². The first-order valence-corrected chi connectivity index (χ1v) is 9.08. The van der Waals surface area contributed by atoms with Gasteiger partial charge in [0.15, 0.2) is 6.10 Å². The Hall–Kier alpha value is -2.14. The van der Waals surface area contributed by atoms with E-state index in [4.69, 9.17) is 4.74 Å². The van der Waals surface area contributed by atoms with Crippen LogP contribution in [0.5, 0.6) is 0 Å². The number of ether oxygens (including phenoxy) is 1. The highest BCUT2D eigenvalue weighted by molar-refractivity contribution is 9.10. The molecule has 0 fully saturated rings. The molecule has 0 aliphatic carbocycles. The smallest absolute Gasteiger partial charge is 0.338 e. The van der Waals surface area contributed by atoms with Crippen LogP contribution in [-0.4, -0.2) is 18.0 Å². The average molecular weight is 404 g/mol. The summed E-state index contributed by atoms with van der Waals surface area (Å²) in [6.07, 6.45) is 0.0804. The highest BCUT2D eigenvalue weighted by Crippen LogP contribution is 2.26. The van der Waals surface area contributed by atoms with Gasteiger partial charge in [-0.15, -0.1) is 0 Å². The maximum absolute atomic E-state index is 12.4. The Labute approximate surface area is 156 Å². The number of rotatable bonds is 6. The highest BCUT2D eigenvalue weighted by atomic mass is 79.9. The molecule has 25 heavy (non-hydrogen) atoms. The van der Waals surface area contributed by atoms with Gasteiger partial charge in [0, 0.05) is 10.2 Å². The summed E-state index contributed by atoms with van der Waals surface area (Å²) in [5.74, 6) is -0.547. The van der Waals surface area contributed by atoms with Crippen molar-refractivity contribution in [3.8, 4) is 0 Å². The van der Waals surface area contributed by atoms with Gasteiger partial charge in [0.25, 0.3) is 5.91 Å². The van der Waals surface area contributed by atoms with Crippen LogP contribution in [0, 0.1) is 0 Å². The average Bonchev–Trinajstić information content (AvgIpc) is 2.61. The first-order valence-electron chi connectivity index (χ1n) is 8.28. The minimum absolute atomic E-state index is 0.330. The predicted octanol–water partition coefficient (Wildman–Crippen LogP) is 5.15. The topological polar surface area (TPSA) is 55.4 Å². The molecule has 2 atom stereocenters. The Balaban J connectivity index is 2.05. The Morgan fingerprint density at radius 1 is 1.12 bits per heavy atom.